The largest absolute Gasteiger partial charge is 0.489 e. The Morgan fingerprint density at radius 3 is 2.74 bits per heavy atom. The predicted octanol–water partition coefficient (Wildman–Crippen LogP) is 2.37. The molecule has 1 atom stereocenters. The molecule has 176 valence electrons. The minimum absolute atomic E-state index is 0.136. The summed E-state index contributed by atoms with van der Waals surface area (Å²) in [6.45, 7) is -5.18. The Hall–Kier alpha value is -3.65. The van der Waals surface area contributed by atoms with Gasteiger partial charge in [-0.05, 0) is 36.1 Å². The van der Waals surface area contributed by atoms with Crippen LogP contribution in [0, 0.1) is 0 Å². The van der Waals surface area contributed by atoms with Crippen LogP contribution in [0.1, 0.15) is 48.1 Å². The lowest BCUT2D eigenvalue weighted by Crippen LogP contribution is -2.49. The number of hydrogen-bond donors (Lipinski definition) is 1. The maximum Gasteiger partial charge on any atom is 0.255 e. The second kappa shape index (κ2) is 9.30. The highest BCUT2D eigenvalue weighted by molar-refractivity contribution is 6.02. The lowest BCUT2D eigenvalue weighted by atomic mass is 10.0. The van der Waals surface area contributed by atoms with Crippen molar-refractivity contribution < 1.29 is 32.1 Å². The molecular weight excluding hydrogens is 434 g/mol. The zero-order chi connectivity index (χ0) is 29.0. The fourth-order valence-electron chi connectivity index (χ4n) is 4.22. The summed E-state index contributed by atoms with van der Waals surface area (Å²) >= 11 is 0. The molecule has 1 N–H and O–H groups in total. The van der Waals surface area contributed by atoms with Crippen molar-refractivity contribution in [1.82, 2.24) is 15.1 Å². The van der Waals surface area contributed by atoms with Gasteiger partial charge in [-0.15, -0.1) is 0 Å². The highest BCUT2D eigenvalue weighted by atomic mass is 16.5. The van der Waals surface area contributed by atoms with Crippen LogP contribution in [0.25, 0.3) is 0 Å². The van der Waals surface area contributed by atoms with Crippen LogP contribution >= 0.6 is 0 Å². The maximum atomic E-state index is 13.1. The second-order valence-corrected chi connectivity index (χ2v) is 8.28. The standard InChI is InChI=1S/C26H27N3O5/c1-17-5-10-22(25(31)27-17)29-14-21-20(26(29)32)3-2-4-23(21)34-15-19-8-6-18(7-9-19)13-28-11-12-33-16-24(28)30/h2-4,6-9,22H,1,5,10-16H2,(H,27,31)/i11D2,12D2,16D2. The zero-order valence-corrected chi connectivity index (χ0v) is 18.3. The number of rotatable bonds is 6. The van der Waals surface area contributed by atoms with E-state index in [9.17, 15) is 14.4 Å². The van der Waals surface area contributed by atoms with Gasteiger partial charge in [0.1, 0.15) is 25.0 Å². The molecule has 1 unspecified atom stereocenters. The molecule has 8 heteroatoms. The minimum Gasteiger partial charge on any atom is -0.489 e. The third-order valence-corrected chi connectivity index (χ3v) is 6.02. The summed E-state index contributed by atoms with van der Waals surface area (Å²) in [4.78, 5) is 40.1. The molecule has 0 aliphatic carbocycles. The van der Waals surface area contributed by atoms with Crippen molar-refractivity contribution >= 4 is 17.7 Å². The highest BCUT2D eigenvalue weighted by Crippen LogP contribution is 2.34. The van der Waals surface area contributed by atoms with Gasteiger partial charge in [0.15, 0.2) is 0 Å². The molecule has 0 aromatic heterocycles. The number of amides is 3. The van der Waals surface area contributed by atoms with Crippen LogP contribution in [-0.4, -0.2) is 53.2 Å². The maximum absolute atomic E-state index is 13.1. The lowest BCUT2D eigenvalue weighted by Gasteiger charge is -2.31. The van der Waals surface area contributed by atoms with E-state index in [1.807, 2.05) is 0 Å². The first-order valence-electron chi connectivity index (χ1n) is 13.9. The van der Waals surface area contributed by atoms with Crippen LogP contribution in [0.3, 0.4) is 0 Å². The van der Waals surface area contributed by atoms with Gasteiger partial charge < -0.3 is 24.6 Å². The first kappa shape index (κ1) is 16.1. The summed E-state index contributed by atoms with van der Waals surface area (Å²) < 4.78 is 57.5. The van der Waals surface area contributed by atoms with Gasteiger partial charge in [-0.25, -0.2) is 0 Å². The molecule has 3 amide bonds. The molecule has 3 heterocycles. The third kappa shape index (κ3) is 4.41. The molecule has 0 saturated carbocycles. The quantitative estimate of drug-likeness (QED) is 0.705. The minimum atomic E-state index is -3.06. The molecule has 3 aliphatic rings. The molecule has 0 bridgehead atoms. The molecule has 0 spiro atoms. The number of fused-ring (bicyclic) bond motifs is 1. The SMILES string of the molecule is [2H]C1([2H])OC([2H])([2H])C([2H])([2H])N(Cc2ccc(COc3cccc4c3CN(C3CCC(=C)NC3=O)C4=O)cc2)C1=O. The Bertz CT molecular complexity index is 1400. The topological polar surface area (TPSA) is 88.2 Å². The van der Waals surface area contributed by atoms with E-state index < -0.39 is 31.6 Å². The van der Waals surface area contributed by atoms with Crippen LogP contribution in [-0.2, 0) is 34.0 Å². The molecule has 0 radical (unpaired) electrons. The summed E-state index contributed by atoms with van der Waals surface area (Å²) in [5.74, 6) is -1.28. The van der Waals surface area contributed by atoms with E-state index in [1.54, 1.807) is 47.4 Å². The number of allylic oxidation sites excluding steroid dienone is 1. The molecule has 34 heavy (non-hydrogen) atoms. The van der Waals surface area contributed by atoms with Crippen molar-refractivity contribution in [3.8, 4) is 5.75 Å². The molecule has 8 nitrogen and oxygen atoms in total. The van der Waals surface area contributed by atoms with Gasteiger partial charge in [-0.3, -0.25) is 14.4 Å². The number of carbonyl (C=O) groups excluding carboxylic acids is 3. The van der Waals surface area contributed by atoms with E-state index >= 15 is 0 Å². The average molecular weight is 468 g/mol. The van der Waals surface area contributed by atoms with Crippen molar-refractivity contribution in [2.45, 2.75) is 38.6 Å². The Morgan fingerprint density at radius 1 is 1.15 bits per heavy atom. The van der Waals surface area contributed by atoms with E-state index in [0.717, 1.165) is 5.56 Å². The molecular formula is C26H27N3O5. The van der Waals surface area contributed by atoms with E-state index in [-0.39, 0.29) is 31.5 Å². The molecule has 2 aromatic rings. The van der Waals surface area contributed by atoms with E-state index in [1.165, 1.54) is 0 Å². The van der Waals surface area contributed by atoms with E-state index in [2.05, 4.69) is 16.6 Å². The van der Waals surface area contributed by atoms with Crippen LogP contribution in [0.2, 0.25) is 0 Å². The van der Waals surface area contributed by atoms with Crippen LogP contribution in [0.4, 0.5) is 0 Å². The summed E-state index contributed by atoms with van der Waals surface area (Å²) in [5.41, 5.74) is 2.99. The fourth-order valence-corrected chi connectivity index (χ4v) is 4.22. The van der Waals surface area contributed by atoms with Gasteiger partial charge in [0.2, 0.25) is 11.8 Å². The number of piperidine rings is 1. The number of nitrogens with one attached hydrogen (secondary N) is 1. The Balaban J connectivity index is 1.26. The number of carbonyl (C=O) groups is 3. The first-order chi connectivity index (χ1) is 18.7. The third-order valence-electron chi connectivity index (χ3n) is 6.02. The summed E-state index contributed by atoms with van der Waals surface area (Å²) in [5, 5.41) is 2.72. The van der Waals surface area contributed by atoms with Crippen molar-refractivity contribution in [2.75, 3.05) is 19.6 Å². The van der Waals surface area contributed by atoms with Gasteiger partial charge in [-0.1, -0.05) is 36.9 Å². The van der Waals surface area contributed by atoms with Crippen molar-refractivity contribution in [3.63, 3.8) is 0 Å². The lowest BCUT2D eigenvalue weighted by molar-refractivity contribution is -0.143. The number of morpholine rings is 1. The zero-order valence-electron chi connectivity index (χ0n) is 24.3. The summed E-state index contributed by atoms with van der Waals surface area (Å²) in [6, 6.07) is 11.2. The van der Waals surface area contributed by atoms with Gasteiger partial charge in [0, 0.05) is 29.9 Å². The predicted molar refractivity (Wildman–Crippen MR) is 124 cm³/mol. The smallest absolute Gasteiger partial charge is 0.255 e. The number of ether oxygens (including phenoxy) is 2. The van der Waals surface area contributed by atoms with E-state index in [4.69, 9.17) is 13.0 Å². The van der Waals surface area contributed by atoms with Crippen molar-refractivity contribution in [2.24, 2.45) is 0 Å². The summed E-state index contributed by atoms with van der Waals surface area (Å²) in [6.07, 6.45) is 1.10. The Morgan fingerprint density at radius 2 is 1.94 bits per heavy atom. The van der Waals surface area contributed by atoms with Gasteiger partial charge in [-0.2, -0.15) is 0 Å². The van der Waals surface area contributed by atoms with Gasteiger partial charge in [0.05, 0.1) is 21.3 Å². The number of nitrogens with zero attached hydrogens (tertiary/aromatic N) is 2. The van der Waals surface area contributed by atoms with Crippen LogP contribution < -0.4 is 10.1 Å². The van der Waals surface area contributed by atoms with Gasteiger partial charge >= 0.3 is 0 Å². The van der Waals surface area contributed by atoms with Crippen LogP contribution in [0.15, 0.2) is 54.7 Å². The van der Waals surface area contributed by atoms with E-state index in [0.29, 0.717) is 45.9 Å². The molecule has 3 aliphatic heterocycles. The second-order valence-electron chi connectivity index (χ2n) is 8.28. The molecule has 2 saturated heterocycles. The molecule has 5 rings (SSSR count). The van der Waals surface area contributed by atoms with Gasteiger partial charge in [0.25, 0.3) is 5.91 Å². The average Bonchev–Trinajstić information content (AvgIpc) is 3.21. The number of hydrogen-bond acceptors (Lipinski definition) is 5. The first-order valence-corrected chi connectivity index (χ1v) is 10.9. The molecule has 2 aromatic carbocycles. The molecule has 2 fully saturated rings. The monoisotopic (exact) mass is 467 g/mol. The van der Waals surface area contributed by atoms with Crippen molar-refractivity contribution in [1.29, 1.82) is 0 Å². The normalized spacial score (nSPS) is 27.5. The summed E-state index contributed by atoms with van der Waals surface area (Å²) in [7, 11) is 0. The Labute approximate surface area is 206 Å². The van der Waals surface area contributed by atoms with Crippen molar-refractivity contribution in [3.05, 3.63) is 77.0 Å². The highest BCUT2D eigenvalue weighted by Gasteiger charge is 2.39. The number of benzene rings is 2. The van der Waals surface area contributed by atoms with Crippen LogP contribution in [0.5, 0.6) is 5.75 Å². The fraction of sp³-hybridized carbons (Fsp3) is 0.346. The Kier molecular flexibility index (Phi) is 4.39.